The van der Waals surface area contributed by atoms with Crippen LogP contribution < -0.4 is 5.73 Å². The van der Waals surface area contributed by atoms with Crippen molar-refractivity contribution in [1.82, 2.24) is 0 Å². The lowest BCUT2D eigenvalue weighted by Gasteiger charge is -2.06. The Labute approximate surface area is 92.8 Å². The molecule has 0 radical (unpaired) electrons. The van der Waals surface area contributed by atoms with Gasteiger partial charge in [-0.15, -0.1) is 0 Å². The van der Waals surface area contributed by atoms with Crippen molar-refractivity contribution >= 4 is 17.6 Å². The summed E-state index contributed by atoms with van der Waals surface area (Å²) in [5, 5.41) is 8.94. The predicted molar refractivity (Wildman–Crippen MR) is 58.2 cm³/mol. The van der Waals surface area contributed by atoms with Crippen LogP contribution in [0.1, 0.15) is 22.3 Å². The topological polar surface area (TPSA) is 89.6 Å². The molecule has 0 heterocycles. The summed E-state index contributed by atoms with van der Waals surface area (Å²) < 4.78 is 4.48. The molecule has 0 amide bonds. The van der Waals surface area contributed by atoms with Crippen molar-refractivity contribution in [1.29, 1.82) is 0 Å². The van der Waals surface area contributed by atoms with E-state index in [0.717, 1.165) is 0 Å². The quantitative estimate of drug-likeness (QED) is 0.588. The molecule has 0 aliphatic heterocycles. The number of aryl methyl sites for hydroxylation is 1. The molecule has 0 saturated heterocycles. The Balaban J connectivity index is 2.87. The highest BCUT2D eigenvalue weighted by molar-refractivity contribution is 5.90. The molecule has 0 spiro atoms. The van der Waals surface area contributed by atoms with E-state index in [9.17, 15) is 9.59 Å². The molecular formula is C11H13NO4. The van der Waals surface area contributed by atoms with Crippen LogP contribution in [0.25, 0.3) is 0 Å². The van der Waals surface area contributed by atoms with Gasteiger partial charge in [0.05, 0.1) is 12.7 Å². The molecule has 86 valence electrons. The summed E-state index contributed by atoms with van der Waals surface area (Å²) in [6.45, 7) is 0. The van der Waals surface area contributed by atoms with Crippen LogP contribution in [0.15, 0.2) is 18.2 Å². The van der Waals surface area contributed by atoms with Gasteiger partial charge in [0.2, 0.25) is 0 Å². The average Bonchev–Trinajstić information content (AvgIpc) is 2.26. The van der Waals surface area contributed by atoms with Crippen molar-refractivity contribution in [3.8, 4) is 0 Å². The summed E-state index contributed by atoms with van der Waals surface area (Å²) in [6, 6.07) is 4.61. The smallest absolute Gasteiger partial charge is 0.336 e. The Morgan fingerprint density at radius 2 is 2.12 bits per heavy atom. The third kappa shape index (κ3) is 2.98. The number of aromatic carboxylic acids is 1. The molecular weight excluding hydrogens is 210 g/mol. The average molecular weight is 223 g/mol. The Hall–Kier alpha value is -2.04. The highest BCUT2D eigenvalue weighted by Crippen LogP contribution is 2.15. The van der Waals surface area contributed by atoms with Gasteiger partial charge >= 0.3 is 11.9 Å². The number of anilines is 1. The van der Waals surface area contributed by atoms with E-state index < -0.39 is 5.97 Å². The fourth-order valence-electron chi connectivity index (χ4n) is 1.35. The van der Waals surface area contributed by atoms with Gasteiger partial charge in [0.1, 0.15) is 0 Å². The van der Waals surface area contributed by atoms with E-state index >= 15 is 0 Å². The molecule has 1 rings (SSSR count). The lowest BCUT2D eigenvalue weighted by molar-refractivity contribution is -0.140. The zero-order valence-corrected chi connectivity index (χ0v) is 8.90. The number of carboxylic acid groups (broad SMARTS) is 1. The van der Waals surface area contributed by atoms with Gasteiger partial charge in [-0.2, -0.15) is 0 Å². The molecule has 0 unspecified atom stereocenters. The third-order valence-electron chi connectivity index (χ3n) is 2.19. The van der Waals surface area contributed by atoms with Crippen molar-refractivity contribution in [3.63, 3.8) is 0 Å². The molecule has 0 bridgehead atoms. The number of carbonyl (C=O) groups is 2. The minimum Gasteiger partial charge on any atom is -0.478 e. The minimum atomic E-state index is -1.05. The number of hydrogen-bond acceptors (Lipinski definition) is 4. The zero-order valence-electron chi connectivity index (χ0n) is 8.90. The number of esters is 1. The summed E-state index contributed by atoms with van der Waals surface area (Å²) in [7, 11) is 1.30. The highest BCUT2D eigenvalue weighted by Gasteiger charge is 2.11. The molecule has 0 fully saturated rings. The van der Waals surface area contributed by atoms with Gasteiger partial charge in [-0.25, -0.2) is 4.79 Å². The van der Waals surface area contributed by atoms with Crippen LogP contribution in [0.5, 0.6) is 0 Å². The van der Waals surface area contributed by atoms with Crippen LogP contribution in [-0.4, -0.2) is 24.2 Å². The highest BCUT2D eigenvalue weighted by atomic mass is 16.5. The van der Waals surface area contributed by atoms with Gasteiger partial charge in [0.25, 0.3) is 0 Å². The number of methoxy groups -OCH3 is 1. The van der Waals surface area contributed by atoms with E-state index in [2.05, 4.69) is 4.74 Å². The van der Waals surface area contributed by atoms with Crippen molar-refractivity contribution in [2.45, 2.75) is 12.8 Å². The Bertz CT molecular complexity index is 414. The number of carboxylic acids is 1. The SMILES string of the molecule is COC(=O)CCc1ccc(N)cc1C(=O)O. The molecule has 0 saturated carbocycles. The van der Waals surface area contributed by atoms with E-state index in [1.165, 1.54) is 13.2 Å². The van der Waals surface area contributed by atoms with Crippen LogP contribution >= 0.6 is 0 Å². The summed E-state index contributed by atoms with van der Waals surface area (Å²) in [4.78, 5) is 21.9. The molecule has 3 N–H and O–H groups in total. The van der Waals surface area contributed by atoms with E-state index in [0.29, 0.717) is 17.7 Å². The molecule has 16 heavy (non-hydrogen) atoms. The fourth-order valence-corrected chi connectivity index (χ4v) is 1.35. The molecule has 5 heteroatoms. The molecule has 1 aromatic carbocycles. The number of nitrogen functional groups attached to an aromatic ring is 1. The number of nitrogens with two attached hydrogens (primary N) is 1. The van der Waals surface area contributed by atoms with E-state index in [4.69, 9.17) is 10.8 Å². The van der Waals surface area contributed by atoms with Crippen LogP contribution in [0, 0.1) is 0 Å². The van der Waals surface area contributed by atoms with Crippen molar-refractivity contribution < 1.29 is 19.4 Å². The second-order valence-corrected chi connectivity index (χ2v) is 3.30. The fraction of sp³-hybridized carbons (Fsp3) is 0.273. The van der Waals surface area contributed by atoms with Crippen LogP contribution in [-0.2, 0) is 16.0 Å². The van der Waals surface area contributed by atoms with E-state index in [-0.39, 0.29) is 18.0 Å². The normalized spacial score (nSPS) is 9.81. The van der Waals surface area contributed by atoms with Crippen LogP contribution in [0.3, 0.4) is 0 Å². The first kappa shape index (κ1) is 12.0. The van der Waals surface area contributed by atoms with E-state index in [1.54, 1.807) is 12.1 Å². The maximum absolute atomic E-state index is 10.9. The lowest BCUT2D eigenvalue weighted by Crippen LogP contribution is -2.07. The molecule has 0 atom stereocenters. The number of benzene rings is 1. The lowest BCUT2D eigenvalue weighted by atomic mass is 10.0. The van der Waals surface area contributed by atoms with Gasteiger partial charge in [-0.3, -0.25) is 4.79 Å². The number of ether oxygens (including phenoxy) is 1. The van der Waals surface area contributed by atoms with Gasteiger partial charge in [0, 0.05) is 12.1 Å². The minimum absolute atomic E-state index is 0.129. The van der Waals surface area contributed by atoms with Crippen molar-refractivity contribution in [3.05, 3.63) is 29.3 Å². The van der Waals surface area contributed by atoms with Crippen LogP contribution in [0.4, 0.5) is 5.69 Å². The van der Waals surface area contributed by atoms with Gasteiger partial charge in [0.15, 0.2) is 0 Å². The Morgan fingerprint density at radius 1 is 1.44 bits per heavy atom. The van der Waals surface area contributed by atoms with E-state index in [1.807, 2.05) is 0 Å². The first-order valence-electron chi connectivity index (χ1n) is 4.73. The second-order valence-electron chi connectivity index (χ2n) is 3.30. The maximum Gasteiger partial charge on any atom is 0.336 e. The maximum atomic E-state index is 10.9. The number of rotatable bonds is 4. The largest absolute Gasteiger partial charge is 0.478 e. The molecule has 1 aromatic rings. The first-order chi connectivity index (χ1) is 7.54. The number of carbonyl (C=O) groups excluding carboxylic acids is 1. The first-order valence-corrected chi connectivity index (χ1v) is 4.73. The monoisotopic (exact) mass is 223 g/mol. The second kappa shape index (κ2) is 5.16. The Morgan fingerprint density at radius 3 is 2.69 bits per heavy atom. The molecule has 0 aliphatic carbocycles. The molecule has 5 nitrogen and oxygen atoms in total. The summed E-state index contributed by atoms with van der Waals surface area (Å²) >= 11 is 0. The standard InChI is InChI=1S/C11H13NO4/c1-16-10(13)5-3-7-2-4-8(12)6-9(7)11(14)15/h2,4,6H,3,5,12H2,1H3,(H,14,15). The zero-order chi connectivity index (χ0) is 12.1. The van der Waals surface area contributed by atoms with Gasteiger partial charge in [-0.1, -0.05) is 6.07 Å². The molecule has 0 aliphatic rings. The molecule has 0 aromatic heterocycles. The summed E-state index contributed by atoms with van der Waals surface area (Å²) in [6.07, 6.45) is 0.481. The van der Waals surface area contributed by atoms with Crippen molar-refractivity contribution in [2.75, 3.05) is 12.8 Å². The number of hydrogen-bond donors (Lipinski definition) is 2. The van der Waals surface area contributed by atoms with Gasteiger partial charge < -0.3 is 15.6 Å². The van der Waals surface area contributed by atoms with Crippen LogP contribution in [0.2, 0.25) is 0 Å². The summed E-state index contributed by atoms with van der Waals surface area (Å²) in [5.41, 5.74) is 6.59. The Kier molecular flexibility index (Phi) is 3.88. The van der Waals surface area contributed by atoms with Crippen molar-refractivity contribution in [2.24, 2.45) is 0 Å². The third-order valence-corrected chi connectivity index (χ3v) is 2.19. The predicted octanol–water partition coefficient (Wildman–Crippen LogP) is 1.07. The summed E-state index contributed by atoms with van der Waals surface area (Å²) in [5.74, 6) is -1.42. The van der Waals surface area contributed by atoms with Gasteiger partial charge in [-0.05, 0) is 24.1 Å².